The van der Waals surface area contributed by atoms with Crippen molar-refractivity contribution in [3.8, 4) is 0 Å². The molecule has 0 bridgehead atoms. The Hall–Kier alpha value is -1.22. The summed E-state index contributed by atoms with van der Waals surface area (Å²) in [4.78, 5) is 11.3. The summed E-state index contributed by atoms with van der Waals surface area (Å²) in [5.41, 5.74) is 12.2. The van der Waals surface area contributed by atoms with Crippen LogP contribution in [-0.2, 0) is 0 Å². The minimum absolute atomic E-state index is 0.0270. The molecule has 0 radical (unpaired) electrons. The molecule has 70 valence electrons. The van der Waals surface area contributed by atoms with Crippen molar-refractivity contribution in [3.05, 3.63) is 22.7 Å². The lowest BCUT2D eigenvalue weighted by Crippen LogP contribution is -2.05. The van der Waals surface area contributed by atoms with Gasteiger partial charge in [0.25, 0.3) is 0 Å². The van der Waals surface area contributed by atoms with Crippen molar-refractivity contribution in [1.29, 1.82) is 0 Å². The molecule has 0 unspecified atom stereocenters. The molecule has 0 saturated heterocycles. The van der Waals surface area contributed by atoms with Crippen molar-refractivity contribution >= 4 is 28.8 Å². The second-order valence-corrected chi connectivity index (χ2v) is 3.11. The molecule has 0 heterocycles. The number of nitrogen functional groups attached to an aromatic ring is 2. The largest absolute Gasteiger partial charge is 0.396 e. The maximum absolute atomic E-state index is 11.3. The van der Waals surface area contributed by atoms with Crippen LogP contribution in [0.2, 0.25) is 5.02 Å². The van der Waals surface area contributed by atoms with Gasteiger partial charge in [0.1, 0.15) is 0 Å². The van der Waals surface area contributed by atoms with Crippen molar-refractivity contribution in [2.75, 3.05) is 11.5 Å². The number of Topliss-reactive ketones (excluding diaryl/α,β-unsaturated/α-hetero) is 1. The molecule has 1 rings (SSSR count). The number of anilines is 2. The number of hydrogen-bond acceptors (Lipinski definition) is 3. The van der Waals surface area contributed by atoms with Crippen LogP contribution in [0.15, 0.2) is 12.1 Å². The molecule has 0 amide bonds. The van der Waals surface area contributed by atoms with Gasteiger partial charge < -0.3 is 11.5 Å². The molecule has 0 saturated carbocycles. The Balaban J connectivity index is 3.26. The monoisotopic (exact) mass is 198 g/mol. The number of hydrogen-bond donors (Lipinski definition) is 2. The summed E-state index contributed by atoms with van der Waals surface area (Å²) >= 11 is 5.72. The molecule has 0 fully saturated rings. The molecule has 4 N–H and O–H groups in total. The Kier molecular flexibility index (Phi) is 2.78. The molecule has 0 spiro atoms. The van der Waals surface area contributed by atoms with Crippen LogP contribution < -0.4 is 11.5 Å². The summed E-state index contributed by atoms with van der Waals surface area (Å²) < 4.78 is 0. The molecule has 0 aliphatic rings. The summed E-state index contributed by atoms with van der Waals surface area (Å²) in [5, 5.41) is 0.380. The number of rotatable bonds is 2. The molecule has 0 aromatic heterocycles. The van der Waals surface area contributed by atoms with Crippen LogP contribution >= 0.6 is 11.6 Å². The van der Waals surface area contributed by atoms with Crippen molar-refractivity contribution in [1.82, 2.24) is 0 Å². The zero-order valence-electron chi connectivity index (χ0n) is 7.30. The number of nitrogens with two attached hydrogens (primary N) is 2. The first-order valence-corrected chi connectivity index (χ1v) is 4.32. The third kappa shape index (κ3) is 1.75. The quantitative estimate of drug-likeness (QED) is 0.565. The first-order valence-electron chi connectivity index (χ1n) is 3.94. The summed E-state index contributed by atoms with van der Waals surface area (Å²) in [5.74, 6) is -0.0270. The number of ketones is 1. The Labute approximate surface area is 81.7 Å². The lowest BCUT2D eigenvalue weighted by molar-refractivity contribution is 0.0989. The van der Waals surface area contributed by atoms with Gasteiger partial charge in [0.05, 0.1) is 16.4 Å². The van der Waals surface area contributed by atoms with Gasteiger partial charge in [-0.25, -0.2) is 0 Å². The number of benzene rings is 1. The van der Waals surface area contributed by atoms with Crippen LogP contribution in [0.5, 0.6) is 0 Å². The van der Waals surface area contributed by atoms with Crippen molar-refractivity contribution in [2.45, 2.75) is 13.3 Å². The molecular formula is C9H11ClN2O. The minimum atomic E-state index is -0.0270. The van der Waals surface area contributed by atoms with Gasteiger partial charge in [-0.05, 0) is 12.1 Å². The second-order valence-electron chi connectivity index (χ2n) is 2.70. The molecule has 1 aromatic carbocycles. The Bertz CT molecular complexity index is 350. The van der Waals surface area contributed by atoms with Crippen molar-refractivity contribution < 1.29 is 4.79 Å². The molecule has 13 heavy (non-hydrogen) atoms. The van der Waals surface area contributed by atoms with Gasteiger partial charge in [-0.3, -0.25) is 4.79 Å². The highest BCUT2D eigenvalue weighted by atomic mass is 35.5. The van der Waals surface area contributed by atoms with E-state index in [1.165, 1.54) is 0 Å². The fourth-order valence-electron chi connectivity index (χ4n) is 1.04. The zero-order valence-corrected chi connectivity index (χ0v) is 8.06. The van der Waals surface area contributed by atoms with E-state index in [1.54, 1.807) is 19.1 Å². The van der Waals surface area contributed by atoms with Gasteiger partial charge in [-0.15, -0.1) is 0 Å². The van der Waals surface area contributed by atoms with Crippen molar-refractivity contribution in [2.24, 2.45) is 0 Å². The lowest BCUT2D eigenvalue weighted by Gasteiger charge is -2.07. The van der Waals surface area contributed by atoms with Crippen LogP contribution in [0.1, 0.15) is 23.7 Å². The van der Waals surface area contributed by atoms with Gasteiger partial charge in [0.15, 0.2) is 5.78 Å². The van der Waals surface area contributed by atoms with Crippen LogP contribution in [-0.4, -0.2) is 5.78 Å². The molecule has 0 aliphatic heterocycles. The van der Waals surface area contributed by atoms with Gasteiger partial charge >= 0.3 is 0 Å². The van der Waals surface area contributed by atoms with Crippen LogP contribution in [0.4, 0.5) is 11.4 Å². The number of carbonyl (C=O) groups excluding carboxylic acids is 1. The van der Waals surface area contributed by atoms with Crippen LogP contribution in [0.3, 0.4) is 0 Å². The topological polar surface area (TPSA) is 69.1 Å². The van der Waals surface area contributed by atoms with E-state index in [0.29, 0.717) is 17.0 Å². The maximum atomic E-state index is 11.3. The van der Waals surface area contributed by atoms with E-state index in [4.69, 9.17) is 23.1 Å². The summed E-state index contributed by atoms with van der Waals surface area (Å²) in [7, 11) is 0. The fraction of sp³-hybridized carbons (Fsp3) is 0.222. The average molecular weight is 199 g/mol. The smallest absolute Gasteiger partial charge is 0.164 e. The molecule has 1 aromatic rings. The summed E-state index contributed by atoms with van der Waals surface area (Å²) in [6, 6.07) is 3.18. The number of halogens is 1. The minimum Gasteiger partial charge on any atom is -0.396 e. The fourth-order valence-corrected chi connectivity index (χ4v) is 1.21. The predicted octanol–water partition coefficient (Wildman–Crippen LogP) is 2.10. The van der Waals surface area contributed by atoms with Gasteiger partial charge in [-0.2, -0.15) is 0 Å². The van der Waals surface area contributed by atoms with E-state index in [9.17, 15) is 4.79 Å². The third-order valence-electron chi connectivity index (χ3n) is 1.86. The highest BCUT2D eigenvalue weighted by molar-refractivity contribution is 6.34. The number of carbonyl (C=O) groups is 1. The van der Waals surface area contributed by atoms with E-state index < -0.39 is 0 Å². The standard InChI is InChI=1S/C9H11ClN2O/c1-2-7(13)5-3-4-6(10)9(12)8(5)11/h3-4H,2,11-12H2,1H3. The zero-order chi connectivity index (χ0) is 10.0. The second kappa shape index (κ2) is 3.66. The Morgan fingerprint density at radius 3 is 2.54 bits per heavy atom. The summed E-state index contributed by atoms with van der Waals surface area (Å²) in [6.07, 6.45) is 0.408. The van der Waals surface area contributed by atoms with Crippen molar-refractivity contribution in [3.63, 3.8) is 0 Å². The SMILES string of the molecule is CCC(=O)c1ccc(Cl)c(N)c1N. The molecule has 4 heteroatoms. The van der Waals surface area contributed by atoms with E-state index in [2.05, 4.69) is 0 Å². The molecule has 0 aliphatic carbocycles. The van der Waals surface area contributed by atoms with E-state index in [0.717, 1.165) is 0 Å². The first-order chi connectivity index (χ1) is 6.07. The predicted molar refractivity (Wildman–Crippen MR) is 54.9 cm³/mol. The van der Waals surface area contributed by atoms with E-state index >= 15 is 0 Å². The lowest BCUT2D eigenvalue weighted by atomic mass is 10.1. The maximum Gasteiger partial charge on any atom is 0.164 e. The average Bonchev–Trinajstić information content (AvgIpc) is 2.13. The first kappa shape index (κ1) is 9.86. The highest BCUT2D eigenvalue weighted by Gasteiger charge is 2.11. The Morgan fingerprint density at radius 2 is 2.00 bits per heavy atom. The van der Waals surface area contributed by atoms with E-state index in [1.807, 2.05) is 0 Å². The van der Waals surface area contributed by atoms with Gasteiger partial charge in [0.2, 0.25) is 0 Å². The molecule has 3 nitrogen and oxygen atoms in total. The highest BCUT2D eigenvalue weighted by Crippen LogP contribution is 2.28. The normalized spacial score (nSPS) is 10.0. The Morgan fingerprint density at radius 1 is 1.38 bits per heavy atom. The van der Waals surface area contributed by atoms with Crippen LogP contribution in [0.25, 0.3) is 0 Å². The van der Waals surface area contributed by atoms with Gasteiger partial charge in [-0.1, -0.05) is 18.5 Å². The van der Waals surface area contributed by atoms with E-state index in [-0.39, 0.29) is 17.2 Å². The summed E-state index contributed by atoms with van der Waals surface area (Å²) in [6.45, 7) is 1.77. The van der Waals surface area contributed by atoms with Gasteiger partial charge in [0, 0.05) is 12.0 Å². The molecule has 0 atom stereocenters. The molecular weight excluding hydrogens is 188 g/mol. The third-order valence-corrected chi connectivity index (χ3v) is 2.19. The van der Waals surface area contributed by atoms with Crippen LogP contribution in [0, 0.1) is 0 Å².